The second-order valence-corrected chi connectivity index (χ2v) is 15.0. The number of nitro benzene ring substituents is 2. The minimum absolute atomic E-state index is 0.0263. The van der Waals surface area contributed by atoms with Crippen LogP contribution in [0, 0.1) is 20.2 Å². The highest BCUT2D eigenvalue weighted by Gasteiger charge is 2.51. The first-order valence-electron chi connectivity index (χ1n) is 19.0. The SMILES string of the molecule is CCCCOP(=O)(OCCCC)OC1O[C@H](COCc2ccccc2)[C@@H](OCc2ccccc2)[C@H](OCc2ccccc2)[C@H]1Nc1ccc([N+](=O)[O-])cc1[N+](=O)[O-]. The van der Waals surface area contributed by atoms with E-state index in [2.05, 4.69) is 5.32 Å². The number of phosphoric acid groups is 1. The van der Waals surface area contributed by atoms with Crippen molar-refractivity contribution >= 4 is 24.9 Å². The zero-order valence-electron chi connectivity index (χ0n) is 32.1. The molecule has 5 atom stereocenters. The number of benzene rings is 4. The number of phosphoric ester groups is 1. The van der Waals surface area contributed by atoms with Gasteiger partial charge in [0.25, 0.3) is 11.4 Å². The van der Waals surface area contributed by atoms with Crippen LogP contribution in [-0.4, -0.2) is 60.3 Å². The van der Waals surface area contributed by atoms with E-state index in [0.717, 1.165) is 41.7 Å². The molecule has 0 aromatic heterocycles. The Labute approximate surface area is 332 Å². The van der Waals surface area contributed by atoms with E-state index < -0.39 is 59.7 Å². The Bertz CT molecular complexity index is 1860. The highest BCUT2D eigenvalue weighted by atomic mass is 31.2. The van der Waals surface area contributed by atoms with Gasteiger partial charge in [-0.2, -0.15) is 0 Å². The van der Waals surface area contributed by atoms with Crippen molar-refractivity contribution in [3.05, 3.63) is 146 Å². The van der Waals surface area contributed by atoms with Crippen LogP contribution in [0.5, 0.6) is 0 Å². The van der Waals surface area contributed by atoms with E-state index in [1.165, 1.54) is 6.07 Å². The summed E-state index contributed by atoms with van der Waals surface area (Å²) < 4.78 is 58.5. The van der Waals surface area contributed by atoms with Gasteiger partial charge in [0.05, 0.1) is 55.6 Å². The molecular weight excluding hydrogens is 757 g/mol. The first-order valence-corrected chi connectivity index (χ1v) is 20.5. The van der Waals surface area contributed by atoms with Gasteiger partial charge in [0.2, 0.25) is 0 Å². The normalized spacial score (nSPS) is 19.6. The van der Waals surface area contributed by atoms with Crippen molar-refractivity contribution in [2.75, 3.05) is 25.1 Å². The molecule has 1 saturated heterocycles. The Balaban J connectivity index is 1.59. The van der Waals surface area contributed by atoms with Gasteiger partial charge in [-0.3, -0.25) is 33.8 Å². The Morgan fingerprint density at radius 1 is 0.702 bits per heavy atom. The predicted molar refractivity (Wildman–Crippen MR) is 212 cm³/mol. The lowest BCUT2D eigenvalue weighted by Gasteiger charge is -2.46. The molecule has 1 fully saturated rings. The van der Waals surface area contributed by atoms with Crippen molar-refractivity contribution < 1.29 is 46.9 Å². The van der Waals surface area contributed by atoms with E-state index >= 15 is 0 Å². The number of unbranched alkanes of at least 4 members (excludes halogenated alkanes) is 2. The molecule has 1 aliphatic heterocycles. The number of non-ortho nitro benzene ring substituents is 1. The fourth-order valence-corrected chi connectivity index (χ4v) is 7.37. The van der Waals surface area contributed by atoms with E-state index in [9.17, 15) is 24.8 Å². The summed E-state index contributed by atoms with van der Waals surface area (Å²) in [6.07, 6.45) is -1.72. The largest absolute Gasteiger partial charge is 0.477 e. The van der Waals surface area contributed by atoms with Crippen molar-refractivity contribution in [1.82, 2.24) is 0 Å². The lowest BCUT2D eigenvalue weighted by atomic mass is 9.95. The summed E-state index contributed by atoms with van der Waals surface area (Å²) in [5, 5.41) is 27.1. The molecule has 0 spiro atoms. The van der Waals surface area contributed by atoms with E-state index in [1.54, 1.807) is 0 Å². The van der Waals surface area contributed by atoms with Crippen LogP contribution < -0.4 is 5.32 Å². The molecular formula is C41H50N3O12P. The molecule has 57 heavy (non-hydrogen) atoms. The molecule has 1 aliphatic rings. The zero-order valence-corrected chi connectivity index (χ0v) is 33.0. The molecule has 0 aliphatic carbocycles. The summed E-state index contributed by atoms with van der Waals surface area (Å²) >= 11 is 0. The molecule has 0 amide bonds. The van der Waals surface area contributed by atoms with Gasteiger partial charge in [-0.25, -0.2) is 4.57 Å². The molecule has 0 saturated carbocycles. The third kappa shape index (κ3) is 13.2. The minimum atomic E-state index is -4.35. The van der Waals surface area contributed by atoms with E-state index in [1.807, 2.05) is 105 Å². The van der Waals surface area contributed by atoms with Crippen LogP contribution in [0.25, 0.3) is 0 Å². The van der Waals surface area contributed by atoms with Crippen LogP contribution in [0.2, 0.25) is 0 Å². The van der Waals surface area contributed by atoms with Gasteiger partial charge >= 0.3 is 7.82 Å². The number of anilines is 1. The summed E-state index contributed by atoms with van der Waals surface area (Å²) in [7, 11) is -4.35. The maximum Gasteiger partial charge on any atom is 0.477 e. The number of ether oxygens (including phenoxy) is 4. The molecule has 0 bridgehead atoms. The lowest BCUT2D eigenvalue weighted by molar-refractivity contribution is -0.393. The summed E-state index contributed by atoms with van der Waals surface area (Å²) in [5.74, 6) is 0. The molecule has 1 heterocycles. The zero-order chi connectivity index (χ0) is 40.5. The van der Waals surface area contributed by atoms with Crippen LogP contribution >= 0.6 is 7.82 Å². The summed E-state index contributed by atoms with van der Waals surface area (Å²) in [6.45, 7) is 4.46. The monoisotopic (exact) mass is 807 g/mol. The van der Waals surface area contributed by atoms with Gasteiger partial charge in [-0.1, -0.05) is 118 Å². The molecule has 1 unspecified atom stereocenters. The molecule has 0 radical (unpaired) electrons. The fourth-order valence-electron chi connectivity index (χ4n) is 6.03. The molecule has 306 valence electrons. The maximum absolute atomic E-state index is 14.4. The van der Waals surface area contributed by atoms with Gasteiger partial charge in [-0.15, -0.1) is 0 Å². The lowest BCUT2D eigenvalue weighted by Crippen LogP contribution is -2.63. The highest BCUT2D eigenvalue weighted by molar-refractivity contribution is 7.48. The standard InChI is InChI=1S/C41H50N3O12P/c1-3-5-24-53-57(49,54-25-6-4-2)56-41-38(42-35-23-22-34(43(45)46)26-36(35)44(47)48)40(52-29-33-20-14-9-15-21-33)39(51-28-32-18-12-8-13-19-32)37(55-41)30-50-27-31-16-10-7-11-17-31/h7-23,26,37-42H,3-6,24-25,27-30H2,1-2H3/t37-,38-,39-,40-,41?/m1/s1. The van der Waals surface area contributed by atoms with E-state index in [0.29, 0.717) is 12.8 Å². The summed E-state index contributed by atoms with van der Waals surface area (Å²) in [4.78, 5) is 22.6. The minimum Gasteiger partial charge on any atom is -0.374 e. The second kappa shape index (κ2) is 22.4. The van der Waals surface area contributed by atoms with Gasteiger partial charge in [-0.05, 0) is 35.6 Å². The average Bonchev–Trinajstić information content (AvgIpc) is 3.22. The van der Waals surface area contributed by atoms with Crippen LogP contribution in [0.4, 0.5) is 17.1 Å². The van der Waals surface area contributed by atoms with Crippen molar-refractivity contribution in [1.29, 1.82) is 0 Å². The second-order valence-electron chi connectivity index (χ2n) is 13.4. The van der Waals surface area contributed by atoms with E-state index in [4.69, 9.17) is 32.5 Å². The number of nitro groups is 2. The summed E-state index contributed by atoms with van der Waals surface area (Å²) in [6, 6.07) is 30.5. The molecule has 1 N–H and O–H groups in total. The molecule has 15 nitrogen and oxygen atoms in total. The number of rotatable bonds is 24. The van der Waals surface area contributed by atoms with Crippen LogP contribution in [0.15, 0.2) is 109 Å². The molecule has 4 aromatic carbocycles. The Morgan fingerprint density at radius 2 is 1.23 bits per heavy atom. The summed E-state index contributed by atoms with van der Waals surface area (Å²) in [5.41, 5.74) is 1.43. The van der Waals surface area contributed by atoms with Crippen molar-refractivity contribution in [2.24, 2.45) is 0 Å². The van der Waals surface area contributed by atoms with Crippen LogP contribution in [-0.2, 0) is 56.9 Å². The third-order valence-electron chi connectivity index (χ3n) is 9.05. The topological polar surface area (TPSA) is 180 Å². The number of hydrogen-bond donors (Lipinski definition) is 1. The van der Waals surface area contributed by atoms with Crippen molar-refractivity contribution in [3.63, 3.8) is 0 Å². The molecule has 16 heteroatoms. The Kier molecular flexibility index (Phi) is 17.1. The molecule has 4 aromatic rings. The van der Waals surface area contributed by atoms with Gasteiger partial charge in [0, 0.05) is 6.07 Å². The first-order chi connectivity index (χ1) is 27.7. The van der Waals surface area contributed by atoms with Gasteiger partial charge < -0.3 is 24.3 Å². The maximum atomic E-state index is 14.4. The first kappa shape index (κ1) is 43.6. The number of nitrogens with zero attached hydrogens (tertiary/aromatic N) is 2. The highest BCUT2D eigenvalue weighted by Crippen LogP contribution is 2.53. The Morgan fingerprint density at radius 3 is 1.74 bits per heavy atom. The quantitative estimate of drug-likeness (QED) is 0.0307. The van der Waals surface area contributed by atoms with Gasteiger partial charge in [0.1, 0.15) is 30.0 Å². The molecule has 5 rings (SSSR count). The van der Waals surface area contributed by atoms with Crippen molar-refractivity contribution in [3.8, 4) is 0 Å². The van der Waals surface area contributed by atoms with E-state index in [-0.39, 0.29) is 45.3 Å². The fraction of sp³-hybridized carbons (Fsp3) is 0.415. The number of nitrogens with one attached hydrogen (secondary N) is 1. The third-order valence-corrected chi connectivity index (χ3v) is 10.5. The van der Waals surface area contributed by atoms with Crippen molar-refractivity contribution in [2.45, 2.75) is 90.0 Å². The smallest absolute Gasteiger partial charge is 0.374 e. The van der Waals surface area contributed by atoms with Gasteiger partial charge in [0.15, 0.2) is 6.29 Å². The predicted octanol–water partition coefficient (Wildman–Crippen LogP) is 9.15. The number of hydrogen-bond acceptors (Lipinski definition) is 13. The average molecular weight is 808 g/mol. The van der Waals surface area contributed by atoms with Crippen LogP contribution in [0.3, 0.4) is 0 Å². The van der Waals surface area contributed by atoms with Crippen LogP contribution in [0.1, 0.15) is 56.2 Å². The Hall–Kier alpha value is -4.57.